The third-order valence-electron chi connectivity index (χ3n) is 1.73. The van der Waals surface area contributed by atoms with Crippen molar-refractivity contribution in [3.8, 4) is 0 Å². The predicted molar refractivity (Wildman–Crippen MR) is 47.2 cm³/mol. The quantitative estimate of drug-likeness (QED) is 0.254. The van der Waals surface area contributed by atoms with Gasteiger partial charge in [0.05, 0.1) is 5.56 Å². The fourth-order valence-electron chi connectivity index (χ4n) is 0.941. The molecular weight excluding hydrogens is 173 g/mol. The Morgan fingerprint density at radius 3 is 2.69 bits per heavy atom. The van der Waals surface area contributed by atoms with E-state index in [-0.39, 0.29) is 5.56 Å². The van der Waals surface area contributed by atoms with Crippen LogP contribution < -0.4 is 17.0 Å². The third kappa shape index (κ3) is 1.75. The fourth-order valence-corrected chi connectivity index (χ4v) is 0.941. The van der Waals surface area contributed by atoms with Crippen LogP contribution in [0.15, 0.2) is 12.1 Å². The molecule has 0 atom stereocenters. The second-order valence-corrected chi connectivity index (χ2v) is 2.66. The fraction of sp³-hybridized carbons (Fsp3) is 0.125. The smallest absolute Gasteiger partial charge is 0.268 e. The number of carbonyl (C=O) groups excluding carboxylic acids is 1. The van der Waals surface area contributed by atoms with Gasteiger partial charge >= 0.3 is 0 Å². The number of nitrogens with two attached hydrogens (primary N) is 2. The van der Waals surface area contributed by atoms with E-state index in [1.54, 1.807) is 6.92 Å². The normalized spacial score (nSPS) is 9.77. The van der Waals surface area contributed by atoms with Gasteiger partial charge in [-0.2, -0.15) is 0 Å². The number of benzene rings is 1. The minimum Gasteiger partial charge on any atom is -0.398 e. The summed E-state index contributed by atoms with van der Waals surface area (Å²) in [6.45, 7) is 1.66. The van der Waals surface area contributed by atoms with E-state index in [4.69, 9.17) is 11.6 Å². The number of hydrazine groups is 1. The van der Waals surface area contributed by atoms with Crippen LogP contribution in [-0.4, -0.2) is 5.91 Å². The van der Waals surface area contributed by atoms with Crippen LogP contribution in [0.3, 0.4) is 0 Å². The van der Waals surface area contributed by atoms with Crippen LogP contribution in [0.1, 0.15) is 15.9 Å². The first kappa shape index (κ1) is 9.47. The van der Waals surface area contributed by atoms with E-state index in [1.165, 1.54) is 12.1 Å². The molecule has 4 nitrogen and oxygen atoms in total. The Balaban J connectivity index is 3.23. The maximum absolute atomic E-state index is 13.1. The summed E-state index contributed by atoms with van der Waals surface area (Å²) in [5.41, 5.74) is 8.13. The Labute approximate surface area is 74.7 Å². The average Bonchev–Trinajstić information content (AvgIpc) is 2.10. The van der Waals surface area contributed by atoms with Crippen LogP contribution in [0.4, 0.5) is 10.1 Å². The van der Waals surface area contributed by atoms with Crippen molar-refractivity contribution < 1.29 is 9.18 Å². The summed E-state index contributed by atoms with van der Waals surface area (Å²) in [5, 5.41) is 0. The van der Waals surface area contributed by atoms with E-state index in [1.807, 2.05) is 5.43 Å². The van der Waals surface area contributed by atoms with E-state index in [0.717, 1.165) is 0 Å². The van der Waals surface area contributed by atoms with Crippen LogP contribution in [0.2, 0.25) is 0 Å². The van der Waals surface area contributed by atoms with E-state index in [9.17, 15) is 9.18 Å². The van der Waals surface area contributed by atoms with Gasteiger partial charge in [-0.25, -0.2) is 10.2 Å². The number of hydrogen-bond donors (Lipinski definition) is 3. The van der Waals surface area contributed by atoms with Crippen LogP contribution in [-0.2, 0) is 0 Å². The standard InChI is InChI=1S/C8H10FN3O/c1-4-2-6(9)5(3-7(4)10)8(13)12-11/h2-3H,10-11H2,1H3,(H,12,13). The number of rotatable bonds is 1. The molecule has 0 saturated carbocycles. The van der Waals surface area contributed by atoms with E-state index in [0.29, 0.717) is 11.3 Å². The molecular formula is C8H10FN3O. The molecule has 0 aliphatic rings. The number of amides is 1. The molecule has 0 spiro atoms. The van der Waals surface area contributed by atoms with Gasteiger partial charge < -0.3 is 5.73 Å². The lowest BCUT2D eigenvalue weighted by Crippen LogP contribution is -2.30. The SMILES string of the molecule is Cc1cc(F)c(C(=O)NN)cc1N. The van der Waals surface area contributed by atoms with Crippen LogP contribution >= 0.6 is 0 Å². The maximum atomic E-state index is 13.1. The zero-order valence-corrected chi connectivity index (χ0v) is 7.10. The van der Waals surface area contributed by atoms with Crippen LogP contribution in [0.5, 0.6) is 0 Å². The van der Waals surface area contributed by atoms with Crippen molar-refractivity contribution in [2.45, 2.75) is 6.92 Å². The van der Waals surface area contributed by atoms with Crippen LogP contribution in [0.25, 0.3) is 0 Å². The van der Waals surface area contributed by atoms with Gasteiger partial charge in [-0.05, 0) is 24.6 Å². The summed E-state index contributed by atoms with van der Waals surface area (Å²) < 4.78 is 13.1. The number of carbonyl (C=O) groups is 1. The van der Waals surface area contributed by atoms with Crippen molar-refractivity contribution in [2.75, 3.05) is 5.73 Å². The first-order valence-electron chi connectivity index (χ1n) is 3.63. The molecule has 13 heavy (non-hydrogen) atoms. The zero-order valence-electron chi connectivity index (χ0n) is 7.10. The van der Waals surface area contributed by atoms with Gasteiger partial charge in [-0.3, -0.25) is 10.2 Å². The van der Waals surface area contributed by atoms with Crippen molar-refractivity contribution in [1.29, 1.82) is 0 Å². The molecule has 0 heterocycles. The molecule has 1 aromatic carbocycles. The molecule has 0 saturated heterocycles. The highest BCUT2D eigenvalue weighted by Crippen LogP contribution is 2.16. The summed E-state index contributed by atoms with van der Waals surface area (Å²) in [5.74, 6) is 3.53. The first-order chi connectivity index (χ1) is 6.06. The molecule has 0 aromatic heterocycles. The van der Waals surface area contributed by atoms with Crippen LogP contribution in [0, 0.1) is 12.7 Å². The molecule has 5 heteroatoms. The zero-order chi connectivity index (χ0) is 10.0. The topological polar surface area (TPSA) is 81.1 Å². The van der Waals surface area contributed by atoms with Gasteiger partial charge in [0.2, 0.25) is 0 Å². The molecule has 1 amide bonds. The molecule has 0 unspecified atom stereocenters. The molecule has 0 fully saturated rings. The van der Waals surface area contributed by atoms with E-state index >= 15 is 0 Å². The summed E-state index contributed by atoms with van der Waals surface area (Å²) >= 11 is 0. The lowest BCUT2D eigenvalue weighted by atomic mass is 10.1. The molecule has 1 rings (SSSR count). The van der Waals surface area contributed by atoms with Crippen molar-refractivity contribution in [2.24, 2.45) is 5.84 Å². The van der Waals surface area contributed by atoms with E-state index in [2.05, 4.69) is 0 Å². The Kier molecular flexibility index (Phi) is 2.48. The number of aryl methyl sites for hydroxylation is 1. The van der Waals surface area contributed by atoms with Crippen molar-refractivity contribution in [3.05, 3.63) is 29.1 Å². The minimum atomic E-state index is -0.691. The Morgan fingerprint density at radius 2 is 2.15 bits per heavy atom. The number of nitrogen functional groups attached to an aromatic ring is 2. The molecule has 70 valence electrons. The average molecular weight is 183 g/mol. The van der Waals surface area contributed by atoms with E-state index < -0.39 is 11.7 Å². The number of nitrogens with one attached hydrogen (secondary N) is 1. The largest absolute Gasteiger partial charge is 0.398 e. The Hall–Kier alpha value is -1.62. The highest BCUT2D eigenvalue weighted by Gasteiger charge is 2.11. The van der Waals surface area contributed by atoms with Gasteiger partial charge in [0, 0.05) is 5.69 Å². The highest BCUT2D eigenvalue weighted by molar-refractivity contribution is 5.95. The maximum Gasteiger partial charge on any atom is 0.268 e. The Bertz CT molecular complexity index is 351. The summed E-state index contributed by atoms with van der Waals surface area (Å²) in [7, 11) is 0. The lowest BCUT2D eigenvalue weighted by Gasteiger charge is -2.05. The van der Waals surface area contributed by atoms with Gasteiger partial charge in [0.15, 0.2) is 0 Å². The van der Waals surface area contributed by atoms with Crippen molar-refractivity contribution >= 4 is 11.6 Å². The summed E-state index contributed by atoms with van der Waals surface area (Å²) in [6, 6.07) is 2.45. The molecule has 0 aliphatic heterocycles. The predicted octanol–water partition coefficient (Wildman–Crippen LogP) is 0.320. The first-order valence-corrected chi connectivity index (χ1v) is 3.63. The minimum absolute atomic E-state index is 0.148. The van der Waals surface area contributed by atoms with Gasteiger partial charge in [0.25, 0.3) is 5.91 Å². The molecule has 5 N–H and O–H groups in total. The monoisotopic (exact) mass is 183 g/mol. The molecule has 0 aliphatic carbocycles. The second-order valence-electron chi connectivity index (χ2n) is 2.66. The highest BCUT2D eigenvalue weighted by atomic mass is 19.1. The van der Waals surface area contributed by atoms with Crippen molar-refractivity contribution in [3.63, 3.8) is 0 Å². The summed E-state index contributed by atoms with van der Waals surface area (Å²) in [4.78, 5) is 11.0. The molecule has 1 aromatic rings. The number of anilines is 1. The molecule has 0 radical (unpaired) electrons. The third-order valence-corrected chi connectivity index (χ3v) is 1.73. The van der Waals surface area contributed by atoms with Gasteiger partial charge in [-0.15, -0.1) is 0 Å². The summed E-state index contributed by atoms with van der Waals surface area (Å²) in [6.07, 6.45) is 0. The second kappa shape index (κ2) is 3.40. The number of halogens is 1. The van der Waals surface area contributed by atoms with Gasteiger partial charge in [-0.1, -0.05) is 0 Å². The number of hydrogen-bond acceptors (Lipinski definition) is 3. The van der Waals surface area contributed by atoms with Crippen molar-refractivity contribution in [1.82, 2.24) is 5.43 Å². The molecule has 0 bridgehead atoms. The lowest BCUT2D eigenvalue weighted by molar-refractivity contribution is 0.0949. The van der Waals surface area contributed by atoms with Gasteiger partial charge in [0.1, 0.15) is 5.82 Å². The Morgan fingerprint density at radius 1 is 1.54 bits per heavy atom.